The maximum atomic E-state index is 12.3. The van der Waals surface area contributed by atoms with E-state index < -0.39 is 0 Å². The SMILES string of the molecule is CC1CCN(CC(=O)Nc2ccccc2C(=O)NC2CC2)CC1. The fraction of sp³-hybridized carbons (Fsp3) is 0.556. The molecule has 1 saturated carbocycles. The normalized spacial score (nSPS) is 19.3. The summed E-state index contributed by atoms with van der Waals surface area (Å²) in [6.07, 6.45) is 4.39. The first kappa shape index (κ1) is 16.0. The van der Waals surface area contributed by atoms with E-state index in [4.69, 9.17) is 0 Å². The molecule has 0 bridgehead atoms. The molecule has 1 aliphatic carbocycles. The van der Waals surface area contributed by atoms with E-state index in [1.807, 2.05) is 12.1 Å². The van der Waals surface area contributed by atoms with Crippen molar-refractivity contribution in [3.63, 3.8) is 0 Å². The van der Waals surface area contributed by atoms with E-state index in [-0.39, 0.29) is 11.8 Å². The summed E-state index contributed by atoms with van der Waals surface area (Å²) in [4.78, 5) is 26.7. The molecule has 124 valence electrons. The standard InChI is InChI=1S/C18H25N3O2/c1-13-8-10-21(11-9-13)12-17(22)20-16-5-3-2-4-15(16)18(23)19-14-6-7-14/h2-5,13-14H,6-12H2,1H3,(H,19,23)(H,20,22). The Morgan fingerprint density at radius 3 is 2.52 bits per heavy atom. The van der Waals surface area contributed by atoms with E-state index >= 15 is 0 Å². The molecule has 0 unspecified atom stereocenters. The average Bonchev–Trinajstić information content (AvgIpc) is 3.34. The van der Waals surface area contributed by atoms with Gasteiger partial charge in [0.25, 0.3) is 5.91 Å². The summed E-state index contributed by atoms with van der Waals surface area (Å²) in [5, 5.41) is 5.87. The fourth-order valence-corrected chi connectivity index (χ4v) is 2.89. The Morgan fingerprint density at radius 2 is 1.83 bits per heavy atom. The second-order valence-electron chi connectivity index (χ2n) is 6.80. The minimum Gasteiger partial charge on any atom is -0.349 e. The van der Waals surface area contributed by atoms with Gasteiger partial charge in [-0.1, -0.05) is 19.1 Å². The molecule has 1 aliphatic heterocycles. The highest BCUT2D eigenvalue weighted by Crippen LogP contribution is 2.22. The number of carbonyl (C=O) groups excluding carboxylic acids is 2. The van der Waals surface area contributed by atoms with Crippen LogP contribution in [0.2, 0.25) is 0 Å². The van der Waals surface area contributed by atoms with Gasteiger partial charge in [0, 0.05) is 6.04 Å². The van der Waals surface area contributed by atoms with Crippen LogP contribution in [0.15, 0.2) is 24.3 Å². The monoisotopic (exact) mass is 315 g/mol. The van der Waals surface area contributed by atoms with Crippen LogP contribution in [0.5, 0.6) is 0 Å². The van der Waals surface area contributed by atoms with Crippen LogP contribution in [0.4, 0.5) is 5.69 Å². The van der Waals surface area contributed by atoms with Crippen molar-refractivity contribution in [2.45, 2.75) is 38.6 Å². The Bertz CT molecular complexity index is 575. The van der Waals surface area contributed by atoms with Crippen LogP contribution in [0.25, 0.3) is 0 Å². The number of likely N-dealkylation sites (tertiary alicyclic amines) is 1. The lowest BCUT2D eigenvalue weighted by Gasteiger charge is -2.29. The molecule has 0 spiro atoms. The highest BCUT2D eigenvalue weighted by Gasteiger charge is 2.25. The molecule has 0 radical (unpaired) electrons. The molecular formula is C18H25N3O2. The van der Waals surface area contributed by atoms with Crippen LogP contribution in [-0.4, -0.2) is 42.4 Å². The molecule has 3 rings (SSSR count). The summed E-state index contributed by atoms with van der Waals surface area (Å²) in [7, 11) is 0. The summed E-state index contributed by atoms with van der Waals surface area (Å²) < 4.78 is 0. The number of nitrogens with one attached hydrogen (secondary N) is 2. The Morgan fingerprint density at radius 1 is 1.13 bits per heavy atom. The highest BCUT2D eigenvalue weighted by molar-refractivity contribution is 6.04. The van der Waals surface area contributed by atoms with Crippen molar-refractivity contribution in [2.75, 3.05) is 25.0 Å². The van der Waals surface area contributed by atoms with Crippen LogP contribution in [0.3, 0.4) is 0 Å². The van der Waals surface area contributed by atoms with Gasteiger partial charge in [-0.2, -0.15) is 0 Å². The third-order valence-corrected chi connectivity index (χ3v) is 4.60. The first-order valence-electron chi connectivity index (χ1n) is 8.54. The summed E-state index contributed by atoms with van der Waals surface area (Å²) in [6, 6.07) is 7.52. The number of anilines is 1. The van der Waals surface area contributed by atoms with Crippen molar-refractivity contribution in [3.05, 3.63) is 29.8 Å². The quantitative estimate of drug-likeness (QED) is 0.876. The van der Waals surface area contributed by atoms with E-state index in [0.717, 1.165) is 44.7 Å². The van der Waals surface area contributed by atoms with Gasteiger partial charge >= 0.3 is 0 Å². The third-order valence-electron chi connectivity index (χ3n) is 4.60. The summed E-state index contributed by atoms with van der Waals surface area (Å²) in [5.41, 5.74) is 1.14. The van der Waals surface area contributed by atoms with Gasteiger partial charge in [-0.05, 0) is 56.8 Å². The second kappa shape index (κ2) is 7.13. The minimum atomic E-state index is -0.102. The van der Waals surface area contributed by atoms with E-state index in [1.165, 1.54) is 0 Å². The van der Waals surface area contributed by atoms with Gasteiger partial charge in [0.1, 0.15) is 0 Å². The fourth-order valence-electron chi connectivity index (χ4n) is 2.89. The molecule has 2 N–H and O–H groups in total. The minimum absolute atomic E-state index is 0.0498. The summed E-state index contributed by atoms with van der Waals surface area (Å²) in [5.74, 6) is 0.600. The molecule has 1 aromatic rings. The van der Waals surface area contributed by atoms with Gasteiger partial charge in [0.2, 0.25) is 5.91 Å². The van der Waals surface area contributed by atoms with Gasteiger partial charge in [-0.25, -0.2) is 0 Å². The Hall–Kier alpha value is -1.88. The van der Waals surface area contributed by atoms with Crippen molar-refractivity contribution in [2.24, 2.45) is 5.92 Å². The van der Waals surface area contributed by atoms with E-state index in [1.54, 1.807) is 12.1 Å². The molecule has 5 heteroatoms. The lowest BCUT2D eigenvalue weighted by Crippen LogP contribution is -2.39. The first-order valence-corrected chi connectivity index (χ1v) is 8.54. The smallest absolute Gasteiger partial charge is 0.253 e. The van der Waals surface area contributed by atoms with Crippen molar-refractivity contribution < 1.29 is 9.59 Å². The van der Waals surface area contributed by atoms with Gasteiger partial charge in [-0.3, -0.25) is 14.5 Å². The molecule has 2 aliphatic rings. The number of hydrogen-bond acceptors (Lipinski definition) is 3. The van der Waals surface area contributed by atoms with Crippen LogP contribution < -0.4 is 10.6 Å². The average molecular weight is 315 g/mol. The predicted octanol–water partition coefficient (Wildman–Crippen LogP) is 2.25. The number of carbonyl (C=O) groups is 2. The maximum absolute atomic E-state index is 12.3. The number of para-hydroxylation sites is 1. The zero-order valence-corrected chi connectivity index (χ0v) is 13.7. The van der Waals surface area contributed by atoms with E-state index in [2.05, 4.69) is 22.5 Å². The van der Waals surface area contributed by atoms with Gasteiger partial charge in [0.15, 0.2) is 0 Å². The molecule has 23 heavy (non-hydrogen) atoms. The van der Waals surface area contributed by atoms with Crippen molar-refractivity contribution in [3.8, 4) is 0 Å². The first-order chi connectivity index (χ1) is 11.1. The summed E-state index contributed by atoms with van der Waals surface area (Å²) in [6.45, 7) is 4.59. The molecular weight excluding hydrogens is 290 g/mol. The lowest BCUT2D eigenvalue weighted by atomic mass is 9.99. The van der Waals surface area contributed by atoms with Gasteiger partial charge < -0.3 is 10.6 Å². The van der Waals surface area contributed by atoms with E-state index in [9.17, 15) is 9.59 Å². The molecule has 1 saturated heterocycles. The molecule has 1 aromatic carbocycles. The third kappa shape index (κ3) is 4.55. The van der Waals surface area contributed by atoms with Crippen LogP contribution in [-0.2, 0) is 4.79 Å². The molecule has 0 atom stereocenters. The highest BCUT2D eigenvalue weighted by atomic mass is 16.2. The Labute approximate surface area is 137 Å². The zero-order chi connectivity index (χ0) is 16.2. The van der Waals surface area contributed by atoms with Crippen LogP contribution in [0.1, 0.15) is 43.0 Å². The second-order valence-corrected chi connectivity index (χ2v) is 6.80. The van der Waals surface area contributed by atoms with E-state index in [0.29, 0.717) is 23.8 Å². The zero-order valence-electron chi connectivity index (χ0n) is 13.7. The molecule has 2 amide bonds. The molecule has 1 heterocycles. The number of nitrogens with zero attached hydrogens (tertiary/aromatic N) is 1. The maximum Gasteiger partial charge on any atom is 0.253 e. The number of rotatable bonds is 5. The van der Waals surface area contributed by atoms with Gasteiger partial charge in [-0.15, -0.1) is 0 Å². The van der Waals surface area contributed by atoms with Gasteiger partial charge in [0.05, 0.1) is 17.8 Å². The van der Waals surface area contributed by atoms with Crippen LogP contribution >= 0.6 is 0 Å². The largest absolute Gasteiger partial charge is 0.349 e. The number of amides is 2. The van der Waals surface area contributed by atoms with Crippen LogP contribution in [0, 0.1) is 5.92 Å². The topological polar surface area (TPSA) is 61.4 Å². The Balaban J connectivity index is 1.58. The van der Waals surface area contributed by atoms with Crippen molar-refractivity contribution in [1.82, 2.24) is 10.2 Å². The lowest BCUT2D eigenvalue weighted by molar-refractivity contribution is -0.117. The molecule has 2 fully saturated rings. The summed E-state index contributed by atoms with van der Waals surface area (Å²) >= 11 is 0. The molecule has 0 aromatic heterocycles. The van der Waals surface area contributed by atoms with Crippen molar-refractivity contribution in [1.29, 1.82) is 0 Å². The molecule has 5 nitrogen and oxygen atoms in total. The van der Waals surface area contributed by atoms with Crippen molar-refractivity contribution >= 4 is 17.5 Å². The number of hydrogen-bond donors (Lipinski definition) is 2. The Kier molecular flexibility index (Phi) is 4.96. The number of piperidine rings is 1. The predicted molar refractivity (Wildman–Crippen MR) is 90.4 cm³/mol. The number of benzene rings is 1.